The zero-order valence-electron chi connectivity index (χ0n) is 8.29. The summed E-state index contributed by atoms with van der Waals surface area (Å²) in [6, 6.07) is 0.892. The van der Waals surface area contributed by atoms with Crippen LogP contribution in [0.1, 0.15) is 18.5 Å². The molecule has 0 aliphatic carbocycles. The van der Waals surface area contributed by atoms with Gasteiger partial charge in [0.2, 0.25) is 5.91 Å². The van der Waals surface area contributed by atoms with Crippen molar-refractivity contribution in [3.63, 3.8) is 0 Å². The van der Waals surface area contributed by atoms with Crippen molar-refractivity contribution >= 4 is 5.91 Å². The molecule has 0 aliphatic rings. The number of carbonyl (C=O) groups is 1. The fraction of sp³-hybridized carbons (Fsp3) is 0.500. The largest absolute Gasteiger partial charge is 0.435 e. The Labute approximate surface area is 89.4 Å². The Balaban J connectivity index is 2.44. The molecule has 0 atom stereocenters. The van der Waals surface area contributed by atoms with Crippen molar-refractivity contribution < 1.29 is 18.0 Å². The maximum atomic E-state index is 12.1. The van der Waals surface area contributed by atoms with Crippen LogP contribution in [0.4, 0.5) is 13.2 Å². The van der Waals surface area contributed by atoms with E-state index in [1.807, 2.05) is 5.43 Å². The predicted molar refractivity (Wildman–Crippen MR) is 48.8 cm³/mol. The molecule has 16 heavy (non-hydrogen) atoms. The highest BCUT2D eigenvalue weighted by molar-refractivity contribution is 5.74. The minimum absolute atomic E-state index is 0.151. The van der Waals surface area contributed by atoms with Crippen molar-refractivity contribution in [1.29, 1.82) is 0 Å². The van der Waals surface area contributed by atoms with Crippen LogP contribution >= 0.6 is 0 Å². The van der Waals surface area contributed by atoms with Crippen LogP contribution in [-0.4, -0.2) is 15.7 Å². The van der Waals surface area contributed by atoms with Gasteiger partial charge in [0.1, 0.15) is 0 Å². The molecule has 0 saturated heterocycles. The average molecular weight is 236 g/mol. The lowest BCUT2D eigenvalue weighted by atomic mass is 10.3. The van der Waals surface area contributed by atoms with Gasteiger partial charge in [0.05, 0.1) is 0 Å². The minimum Gasteiger partial charge on any atom is -0.294 e. The van der Waals surface area contributed by atoms with Crippen LogP contribution < -0.4 is 11.3 Å². The van der Waals surface area contributed by atoms with Crippen LogP contribution in [0, 0.1) is 0 Å². The van der Waals surface area contributed by atoms with E-state index in [0.717, 1.165) is 10.7 Å². The summed E-state index contributed by atoms with van der Waals surface area (Å²) in [4.78, 5) is 10.7. The van der Waals surface area contributed by atoms with Crippen molar-refractivity contribution in [3.8, 4) is 0 Å². The number of amides is 1. The van der Waals surface area contributed by atoms with Crippen LogP contribution in [0.3, 0.4) is 0 Å². The van der Waals surface area contributed by atoms with E-state index < -0.39 is 11.9 Å². The number of aryl methyl sites for hydroxylation is 1. The van der Waals surface area contributed by atoms with Gasteiger partial charge in [0.25, 0.3) is 0 Å². The first-order chi connectivity index (χ1) is 7.43. The number of hydrogen-bond acceptors (Lipinski definition) is 3. The number of nitrogens with one attached hydrogen (secondary N) is 1. The smallest absolute Gasteiger partial charge is 0.294 e. The summed E-state index contributed by atoms with van der Waals surface area (Å²) in [6.07, 6.45) is -2.68. The summed E-state index contributed by atoms with van der Waals surface area (Å²) in [5.74, 6) is 4.48. The topological polar surface area (TPSA) is 72.9 Å². The monoisotopic (exact) mass is 236 g/mol. The summed E-state index contributed by atoms with van der Waals surface area (Å²) < 4.78 is 37.6. The molecule has 0 aromatic carbocycles. The summed E-state index contributed by atoms with van der Waals surface area (Å²) in [6.45, 7) is 0.240. The van der Waals surface area contributed by atoms with Gasteiger partial charge in [-0.3, -0.25) is 14.9 Å². The lowest BCUT2D eigenvalue weighted by Crippen LogP contribution is -2.29. The first kappa shape index (κ1) is 12.5. The lowest BCUT2D eigenvalue weighted by molar-refractivity contribution is -0.141. The van der Waals surface area contributed by atoms with Gasteiger partial charge in [0.15, 0.2) is 5.69 Å². The van der Waals surface area contributed by atoms with E-state index in [0.29, 0.717) is 6.42 Å². The molecule has 1 aromatic rings. The molecule has 1 rings (SSSR count). The molecule has 1 aromatic heterocycles. The van der Waals surface area contributed by atoms with Crippen molar-refractivity contribution in [2.45, 2.75) is 25.6 Å². The van der Waals surface area contributed by atoms with Crippen LogP contribution in [-0.2, 0) is 17.5 Å². The van der Waals surface area contributed by atoms with Gasteiger partial charge < -0.3 is 0 Å². The number of alkyl halides is 3. The van der Waals surface area contributed by atoms with Crippen molar-refractivity contribution in [3.05, 3.63) is 18.0 Å². The standard InChI is InChI=1S/C8H11F3N4O/c9-8(10,11)6-3-5-15(14-6)4-1-2-7(16)13-12/h3,5H,1-2,4,12H2,(H,13,16). The van der Waals surface area contributed by atoms with E-state index in [-0.39, 0.29) is 18.9 Å². The normalized spacial score (nSPS) is 11.5. The van der Waals surface area contributed by atoms with E-state index in [4.69, 9.17) is 5.84 Å². The van der Waals surface area contributed by atoms with Gasteiger partial charge >= 0.3 is 6.18 Å². The van der Waals surface area contributed by atoms with Crippen molar-refractivity contribution in [2.24, 2.45) is 5.84 Å². The van der Waals surface area contributed by atoms with E-state index in [2.05, 4.69) is 5.10 Å². The van der Waals surface area contributed by atoms with Gasteiger partial charge in [0, 0.05) is 19.2 Å². The highest BCUT2D eigenvalue weighted by Crippen LogP contribution is 2.27. The maximum absolute atomic E-state index is 12.1. The van der Waals surface area contributed by atoms with Gasteiger partial charge in [-0.2, -0.15) is 18.3 Å². The van der Waals surface area contributed by atoms with Crippen LogP contribution in [0.5, 0.6) is 0 Å². The molecule has 0 spiro atoms. The molecule has 0 fully saturated rings. The quantitative estimate of drug-likeness (QED) is 0.458. The number of carbonyl (C=O) groups excluding carboxylic acids is 1. The summed E-state index contributed by atoms with van der Waals surface area (Å²) in [5, 5.41) is 3.33. The molecule has 0 saturated carbocycles. The molecule has 0 unspecified atom stereocenters. The van der Waals surface area contributed by atoms with E-state index >= 15 is 0 Å². The van der Waals surface area contributed by atoms with Crippen molar-refractivity contribution in [1.82, 2.24) is 15.2 Å². The van der Waals surface area contributed by atoms with Gasteiger partial charge in [-0.25, -0.2) is 5.84 Å². The average Bonchev–Trinajstić information content (AvgIpc) is 2.65. The number of nitrogens with zero attached hydrogens (tertiary/aromatic N) is 2. The zero-order chi connectivity index (χ0) is 12.2. The van der Waals surface area contributed by atoms with Gasteiger partial charge in [-0.05, 0) is 12.5 Å². The second-order valence-electron chi connectivity index (χ2n) is 3.13. The summed E-state index contributed by atoms with van der Waals surface area (Å²) in [5.41, 5.74) is 0.998. The fourth-order valence-corrected chi connectivity index (χ4v) is 1.11. The third kappa shape index (κ3) is 3.54. The number of hydrogen-bond donors (Lipinski definition) is 2. The first-order valence-corrected chi connectivity index (χ1v) is 4.53. The van der Waals surface area contributed by atoms with E-state index in [1.54, 1.807) is 0 Å². The highest BCUT2D eigenvalue weighted by atomic mass is 19.4. The number of hydrazine groups is 1. The zero-order valence-corrected chi connectivity index (χ0v) is 8.29. The molecule has 0 aliphatic heterocycles. The predicted octanol–water partition coefficient (Wildman–Crippen LogP) is 0.672. The van der Waals surface area contributed by atoms with Crippen LogP contribution in [0.2, 0.25) is 0 Å². The lowest BCUT2D eigenvalue weighted by Gasteiger charge is -2.02. The number of aromatic nitrogens is 2. The Kier molecular flexibility index (Phi) is 3.88. The van der Waals surface area contributed by atoms with Gasteiger partial charge in [-0.1, -0.05) is 0 Å². The Morgan fingerprint density at radius 1 is 1.56 bits per heavy atom. The molecule has 8 heteroatoms. The Morgan fingerprint density at radius 2 is 2.25 bits per heavy atom. The van der Waals surface area contributed by atoms with Gasteiger partial charge in [-0.15, -0.1) is 0 Å². The molecule has 1 heterocycles. The second-order valence-corrected chi connectivity index (χ2v) is 3.13. The summed E-state index contributed by atoms with van der Waals surface area (Å²) >= 11 is 0. The molecule has 3 N–H and O–H groups in total. The Hall–Kier alpha value is -1.57. The number of nitrogens with two attached hydrogens (primary N) is 1. The first-order valence-electron chi connectivity index (χ1n) is 4.53. The molecule has 90 valence electrons. The third-order valence-corrected chi connectivity index (χ3v) is 1.88. The SMILES string of the molecule is NNC(=O)CCCn1ccc(C(F)(F)F)n1. The van der Waals surface area contributed by atoms with Crippen LogP contribution in [0.15, 0.2) is 12.3 Å². The highest BCUT2D eigenvalue weighted by Gasteiger charge is 2.33. The molecule has 1 amide bonds. The molecular formula is C8H11F3N4O. The number of halogens is 3. The molecule has 0 radical (unpaired) electrons. The molecular weight excluding hydrogens is 225 g/mol. The fourth-order valence-electron chi connectivity index (χ4n) is 1.11. The van der Waals surface area contributed by atoms with E-state index in [9.17, 15) is 18.0 Å². The third-order valence-electron chi connectivity index (χ3n) is 1.88. The number of rotatable bonds is 4. The Morgan fingerprint density at radius 3 is 2.75 bits per heavy atom. The molecule has 5 nitrogen and oxygen atoms in total. The Bertz CT molecular complexity index is 360. The minimum atomic E-state index is -4.43. The second kappa shape index (κ2) is 4.97. The molecule has 0 bridgehead atoms. The van der Waals surface area contributed by atoms with Crippen LogP contribution in [0.25, 0.3) is 0 Å². The van der Waals surface area contributed by atoms with Crippen molar-refractivity contribution in [2.75, 3.05) is 0 Å². The maximum Gasteiger partial charge on any atom is 0.435 e. The summed E-state index contributed by atoms with van der Waals surface area (Å²) in [7, 11) is 0. The van der Waals surface area contributed by atoms with E-state index in [1.165, 1.54) is 6.20 Å².